The molecule has 168 valence electrons. The summed E-state index contributed by atoms with van der Waals surface area (Å²) in [6, 6.07) is 34.7. The largest absolute Gasteiger partial charge is 0.432 e. The summed E-state index contributed by atoms with van der Waals surface area (Å²) in [6.07, 6.45) is 3.63. The molecule has 7 rings (SSSR count). The van der Waals surface area contributed by atoms with E-state index in [1.54, 1.807) is 6.26 Å². The van der Waals surface area contributed by atoms with Crippen molar-refractivity contribution in [3.63, 3.8) is 0 Å². The number of benzene rings is 4. The van der Waals surface area contributed by atoms with Gasteiger partial charge in [0.1, 0.15) is 12.0 Å². The zero-order valence-electron chi connectivity index (χ0n) is 19.7. The minimum absolute atomic E-state index is 0.0572. The first kappa shape index (κ1) is 20.0. The molecule has 1 aliphatic rings. The van der Waals surface area contributed by atoms with Crippen LogP contribution in [0.1, 0.15) is 25.0 Å². The summed E-state index contributed by atoms with van der Waals surface area (Å²) in [6.45, 7) is 4.62. The maximum Gasteiger partial charge on any atom is 0.306 e. The summed E-state index contributed by atoms with van der Waals surface area (Å²) in [4.78, 5) is 4.92. The molecule has 0 bridgehead atoms. The molecule has 2 heterocycles. The van der Waals surface area contributed by atoms with E-state index in [2.05, 4.69) is 105 Å². The van der Waals surface area contributed by atoms with Crippen LogP contribution in [-0.2, 0) is 5.41 Å². The molecule has 0 saturated carbocycles. The van der Waals surface area contributed by atoms with Gasteiger partial charge in [-0.2, -0.15) is 4.98 Å². The molecular formula is C32H24N2O. The van der Waals surface area contributed by atoms with Crippen molar-refractivity contribution < 1.29 is 4.42 Å². The molecule has 1 aliphatic carbocycles. The van der Waals surface area contributed by atoms with Gasteiger partial charge in [-0.15, -0.1) is 0 Å². The lowest BCUT2D eigenvalue weighted by Crippen LogP contribution is -2.14. The Bertz CT molecular complexity index is 1700. The Morgan fingerprint density at radius 3 is 2.14 bits per heavy atom. The van der Waals surface area contributed by atoms with E-state index in [-0.39, 0.29) is 5.41 Å². The third-order valence-corrected chi connectivity index (χ3v) is 7.38. The van der Waals surface area contributed by atoms with Crippen LogP contribution in [0.5, 0.6) is 0 Å². The van der Waals surface area contributed by atoms with Crippen LogP contribution in [0, 0.1) is 0 Å². The van der Waals surface area contributed by atoms with Gasteiger partial charge in [-0.3, -0.25) is 4.40 Å². The minimum Gasteiger partial charge on any atom is -0.432 e. The Hall–Kier alpha value is -4.37. The van der Waals surface area contributed by atoms with Crippen LogP contribution in [-0.4, -0.2) is 9.38 Å². The van der Waals surface area contributed by atoms with E-state index in [0.29, 0.717) is 5.84 Å². The average molecular weight is 453 g/mol. The van der Waals surface area contributed by atoms with Crippen molar-refractivity contribution in [2.45, 2.75) is 19.3 Å². The summed E-state index contributed by atoms with van der Waals surface area (Å²) in [5, 5.41) is 0. The fourth-order valence-electron chi connectivity index (χ4n) is 5.57. The SMILES string of the molecule is CC1(C)c2ccccc2-c2ccc(-c3nc4occn4c3-c3ccc(-c4ccccc4)cc3)cc21. The van der Waals surface area contributed by atoms with Crippen molar-refractivity contribution in [3.8, 4) is 44.8 Å². The monoisotopic (exact) mass is 452 g/mol. The average Bonchev–Trinajstić information content (AvgIpc) is 3.56. The summed E-state index contributed by atoms with van der Waals surface area (Å²) in [5.41, 5.74) is 11.9. The maximum absolute atomic E-state index is 5.71. The van der Waals surface area contributed by atoms with Gasteiger partial charge in [0.15, 0.2) is 0 Å². The maximum atomic E-state index is 5.71. The molecule has 0 unspecified atom stereocenters. The van der Waals surface area contributed by atoms with E-state index in [4.69, 9.17) is 9.40 Å². The molecule has 0 spiro atoms. The van der Waals surface area contributed by atoms with Gasteiger partial charge in [0, 0.05) is 22.7 Å². The van der Waals surface area contributed by atoms with Crippen molar-refractivity contribution in [2.75, 3.05) is 0 Å². The molecule has 6 aromatic rings. The van der Waals surface area contributed by atoms with Crippen LogP contribution in [0.4, 0.5) is 0 Å². The van der Waals surface area contributed by atoms with E-state index in [1.807, 2.05) is 16.7 Å². The second kappa shape index (κ2) is 7.31. The van der Waals surface area contributed by atoms with Gasteiger partial charge in [-0.1, -0.05) is 105 Å². The first-order chi connectivity index (χ1) is 17.1. The molecule has 0 fully saturated rings. The first-order valence-electron chi connectivity index (χ1n) is 12.0. The van der Waals surface area contributed by atoms with E-state index < -0.39 is 0 Å². The first-order valence-corrected chi connectivity index (χ1v) is 12.0. The standard InChI is InChI=1S/C32H24N2O/c1-32(2)27-11-7-6-10-25(27)26-17-16-24(20-28(26)32)29-30(34-18-19-35-31(34)33-29)23-14-12-22(13-15-23)21-8-4-3-5-9-21/h3-20H,1-2H3. The van der Waals surface area contributed by atoms with Gasteiger partial charge < -0.3 is 4.42 Å². The minimum atomic E-state index is -0.0572. The fraction of sp³-hybridized carbons (Fsp3) is 0.0938. The van der Waals surface area contributed by atoms with Crippen LogP contribution in [0.15, 0.2) is 114 Å². The number of imidazole rings is 1. The Kier molecular flexibility index (Phi) is 4.19. The predicted molar refractivity (Wildman–Crippen MR) is 141 cm³/mol. The third kappa shape index (κ3) is 2.95. The molecule has 0 amide bonds. The van der Waals surface area contributed by atoms with Crippen LogP contribution >= 0.6 is 0 Å². The van der Waals surface area contributed by atoms with Gasteiger partial charge in [-0.05, 0) is 39.4 Å². The smallest absolute Gasteiger partial charge is 0.306 e. The van der Waals surface area contributed by atoms with E-state index in [9.17, 15) is 0 Å². The van der Waals surface area contributed by atoms with Gasteiger partial charge >= 0.3 is 5.84 Å². The fourth-order valence-corrected chi connectivity index (χ4v) is 5.57. The molecular weight excluding hydrogens is 428 g/mol. The number of fused-ring (bicyclic) bond motifs is 4. The Morgan fingerprint density at radius 2 is 1.31 bits per heavy atom. The summed E-state index contributed by atoms with van der Waals surface area (Å²) >= 11 is 0. The van der Waals surface area contributed by atoms with Gasteiger partial charge in [-0.25, -0.2) is 0 Å². The molecule has 0 N–H and O–H groups in total. The van der Waals surface area contributed by atoms with Crippen LogP contribution in [0.3, 0.4) is 0 Å². The number of hydrogen-bond donors (Lipinski definition) is 0. The lowest BCUT2D eigenvalue weighted by Gasteiger charge is -2.21. The molecule has 35 heavy (non-hydrogen) atoms. The highest BCUT2D eigenvalue weighted by molar-refractivity contribution is 5.87. The highest BCUT2D eigenvalue weighted by Crippen LogP contribution is 2.50. The van der Waals surface area contributed by atoms with Gasteiger partial charge in [0.05, 0.1) is 5.69 Å². The van der Waals surface area contributed by atoms with Crippen molar-refractivity contribution >= 4 is 5.84 Å². The quantitative estimate of drug-likeness (QED) is 0.271. The van der Waals surface area contributed by atoms with Crippen molar-refractivity contribution in [1.29, 1.82) is 0 Å². The second-order valence-electron chi connectivity index (χ2n) is 9.74. The summed E-state index contributed by atoms with van der Waals surface area (Å²) in [7, 11) is 0. The van der Waals surface area contributed by atoms with E-state index in [1.165, 1.54) is 33.4 Å². The molecule has 3 heteroatoms. The predicted octanol–water partition coefficient (Wildman–Crippen LogP) is 8.23. The Labute approximate surface area is 204 Å². The number of oxazole rings is 1. The number of nitrogens with zero attached hydrogens (tertiary/aromatic N) is 2. The zero-order chi connectivity index (χ0) is 23.6. The van der Waals surface area contributed by atoms with Crippen LogP contribution in [0.2, 0.25) is 0 Å². The summed E-state index contributed by atoms with van der Waals surface area (Å²) < 4.78 is 7.75. The lowest BCUT2D eigenvalue weighted by molar-refractivity contribution is 0.596. The molecule has 0 atom stereocenters. The van der Waals surface area contributed by atoms with Crippen molar-refractivity contribution in [1.82, 2.24) is 9.38 Å². The molecule has 4 aromatic carbocycles. The second-order valence-corrected chi connectivity index (χ2v) is 9.74. The third-order valence-electron chi connectivity index (χ3n) is 7.38. The van der Waals surface area contributed by atoms with E-state index >= 15 is 0 Å². The highest BCUT2D eigenvalue weighted by Gasteiger charge is 2.35. The number of hydrogen-bond acceptors (Lipinski definition) is 2. The topological polar surface area (TPSA) is 30.4 Å². The molecule has 0 radical (unpaired) electrons. The Morgan fingerprint density at radius 1 is 0.657 bits per heavy atom. The Balaban J connectivity index is 1.38. The molecule has 2 aromatic heterocycles. The summed E-state index contributed by atoms with van der Waals surface area (Å²) in [5.74, 6) is 0.602. The number of rotatable bonds is 3. The molecule has 3 nitrogen and oxygen atoms in total. The van der Waals surface area contributed by atoms with Gasteiger partial charge in [0.25, 0.3) is 0 Å². The van der Waals surface area contributed by atoms with Gasteiger partial charge in [0.2, 0.25) is 0 Å². The van der Waals surface area contributed by atoms with Crippen molar-refractivity contribution in [2.24, 2.45) is 0 Å². The van der Waals surface area contributed by atoms with Crippen molar-refractivity contribution in [3.05, 3.63) is 121 Å². The van der Waals surface area contributed by atoms with Crippen LogP contribution in [0.25, 0.3) is 50.6 Å². The molecule has 0 aliphatic heterocycles. The zero-order valence-corrected chi connectivity index (χ0v) is 19.7. The van der Waals surface area contributed by atoms with Crippen LogP contribution < -0.4 is 0 Å². The van der Waals surface area contributed by atoms with E-state index in [0.717, 1.165) is 22.5 Å². The lowest BCUT2D eigenvalue weighted by atomic mass is 9.82. The highest BCUT2D eigenvalue weighted by atomic mass is 16.3. The normalized spacial score (nSPS) is 13.7. The molecule has 0 saturated heterocycles. The number of aromatic nitrogens is 2.